The summed E-state index contributed by atoms with van der Waals surface area (Å²) < 4.78 is 4.97. The molecule has 0 aromatic rings. The van der Waals surface area contributed by atoms with E-state index in [4.69, 9.17) is 4.74 Å². The van der Waals surface area contributed by atoms with E-state index in [0.717, 1.165) is 6.42 Å². The van der Waals surface area contributed by atoms with Crippen LogP contribution in [0.2, 0.25) is 0 Å². The Balaban J connectivity index is 2.53. The predicted octanol–water partition coefficient (Wildman–Crippen LogP) is 2.93. The molecule has 80 valence electrons. The molecule has 1 aliphatic rings. The molecule has 2 heteroatoms. The Bertz CT molecular complexity index is 251. The first-order valence-corrected chi connectivity index (χ1v) is 5.31. The molecule has 0 radical (unpaired) electrons. The first-order chi connectivity index (χ1) is 6.48. The normalized spacial score (nSPS) is 24.6. The van der Waals surface area contributed by atoms with Crippen LogP contribution in [0.3, 0.4) is 0 Å². The van der Waals surface area contributed by atoms with Gasteiger partial charge in [0.15, 0.2) is 0 Å². The molecule has 0 N–H and O–H groups in total. The fourth-order valence-electron chi connectivity index (χ4n) is 1.96. The third-order valence-electron chi connectivity index (χ3n) is 3.46. The van der Waals surface area contributed by atoms with Crippen LogP contribution < -0.4 is 0 Å². The van der Waals surface area contributed by atoms with Gasteiger partial charge in [-0.3, -0.25) is 4.79 Å². The van der Waals surface area contributed by atoms with Crippen LogP contribution in [0.15, 0.2) is 11.6 Å². The van der Waals surface area contributed by atoms with E-state index in [1.807, 2.05) is 6.92 Å². The van der Waals surface area contributed by atoms with Crippen LogP contribution in [-0.4, -0.2) is 12.6 Å². The Morgan fingerprint density at radius 3 is 2.71 bits per heavy atom. The quantitative estimate of drug-likeness (QED) is 0.512. The number of carbonyl (C=O) groups is 1. The second-order valence-corrected chi connectivity index (χ2v) is 4.55. The average Bonchev–Trinajstić information content (AvgIpc) is 2.32. The third kappa shape index (κ3) is 2.17. The summed E-state index contributed by atoms with van der Waals surface area (Å²) in [6, 6.07) is 0. The fourth-order valence-corrected chi connectivity index (χ4v) is 1.96. The van der Waals surface area contributed by atoms with Crippen molar-refractivity contribution in [3.8, 4) is 0 Å². The molecule has 0 bridgehead atoms. The van der Waals surface area contributed by atoms with Crippen molar-refractivity contribution in [1.29, 1.82) is 0 Å². The average molecular weight is 196 g/mol. The summed E-state index contributed by atoms with van der Waals surface area (Å²) in [7, 11) is 0. The summed E-state index contributed by atoms with van der Waals surface area (Å²) >= 11 is 0. The second kappa shape index (κ2) is 4.16. The Morgan fingerprint density at radius 1 is 1.64 bits per heavy atom. The zero-order valence-corrected chi connectivity index (χ0v) is 9.59. The standard InChI is InChI=1S/C12H20O2/c1-5-14-11(13)8-10-7-6-9(2)12(10,3)4/h6,10H,5,7-8H2,1-4H3/t10-/m1/s1. The van der Waals surface area contributed by atoms with Crippen molar-refractivity contribution in [2.75, 3.05) is 6.61 Å². The molecule has 0 aromatic carbocycles. The topological polar surface area (TPSA) is 26.3 Å². The van der Waals surface area contributed by atoms with E-state index >= 15 is 0 Å². The summed E-state index contributed by atoms with van der Waals surface area (Å²) in [6.45, 7) is 8.89. The number of ether oxygens (including phenoxy) is 1. The maximum Gasteiger partial charge on any atom is 0.306 e. The van der Waals surface area contributed by atoms with E-state index < -0.39 is 0 Å². The summed E-state index contributed by atoms with van der Waals surface area (Å²) in [5, 5.41) is 0. The highest BCUT2D eigenvalue weighted by Gasteiger charge is 2.36. The number of hydrogen-bond acceptors (Lipinski definition) is 2. The lowest BCUT2D eigenvalue weighted by atomic mass is 9.76. The molecule has 0 aromatic heterocycles. The highest BCUT2D eigenvalue weighted by atomic mass is 16.5. The summed E-state index contributed by atoms with van der Waals surface area (Å²) in [6.07, 6.45) is 3.80. The van der Waals surface area contributed by atoms with E-state index in [1.54, 1.807) is 0 Å². The smallest absolute Gasteiger partial charge is 0.306 e. The molecule has 0 heterocycles. The summed E-state index contributed by atoms with van der Waals surface area (Å²) in [5.74, 6) is 0.357. The van der Waals surface area contributed by atoms with Gasteiger partial charge in [0.2, 0.25) is 0 Å². The number of allylic oxidation sites excluding steroid dienone is 2. The molecule has 0 spiro atoms. The van der Waals surface area contributed by atoms with Gasteiger partial charge in [0, 0.05) is 6.42 Å². The van der Waals surface area contributed by atoms with Gasteiger partial charge in [-0.25, -0.2) is 0 Å². The Kier molecular flexibility index (Phi) is 3.35. The van der Waals surface area contributed by atoms with Crippen LogP contribution in [0, 0.1) is 11.3 Å². The van der Waals surface area contributed by atoms with Crippen molar-refractivity contribution in [3.63, 3.8) is 0 Å². The number of carbonyl (C=O) groups excluding carboxylic acids is 1. The van der Waals surface area contributed by atoms with Gasteiger partial charge >= 0.3 is 5.97 Å². The first kappa shape index (κ1) is 11.3. The van der Waals surface area contributed by atoms with E-state index in [-0.39, 0.29) is 11.4 Å². The van der Waals surface area contributed by atoms with Crippen molar-refractivity contribution in [3.05, 3.63) is 11.6 Å². The van der Waals surface area contributed by atoms with Gasteiger partial charge in [0.1, 0.15) is 0 Å². The van der Waals surface area contributed by atoms with Crippen molar-refractivity contribution >= 4 is 5.97 Å². The van der Waals surface area contributed by atoms with Crippen LogP contribution in [0.1, 0.15) is 40.5 Å². The maximum absolute atomic E-state index is 11.3. The molecule has 0 saturated carbocycles. The molecule has 0 unspecified atom stereocenters. The molecule has 1 atom stereocenters. The first-order valence-electron chi connectivity index (χ1n) is 5.31. The highest BCUT2D eigenvalue weighted by Crippen LogP contribution is 2.44. The van der Waals surface area contributed by atoms with Gasteiger partial charge in [-0.1, -0.05) is 25.5 Å². The zero-order valence-electron chi connectivity index (χ0n) is 9.59. The molecule has 14 heavy (non-hydrogen) atoms. The lowest BCUT2D eigenvalue weighted by Crippen LogP contribution is -2.23. The number of rotatable bonds is 3. The van der Waals surface area contributed by atoms with E-state index in [9.17, 15) is 4.79 Å². The van der Waals surface area contributed by atoms with Crippen LogP contribution in [0.25, 0.3) is 0 Å². The van der Waals surface area contributed by atoms with Crippen molar-refractivity contribution in [1.82, 2.24) is 0 Å². The van der Waals surface area contributed by atoms with Gasteiger partial charge in [-0.2, -0.15) is 0 Å². The lowest BCUT2D eigenvalue weighted by molar-refractivity contribution is -0.144. The van der Waals surface area contributed by atoms with Crippen LogP contribution >= 0.6 is 0 Å². The van der Waals surface area contributed by atoms with Gasteiger partial charge in [0.25, 0.3) is 0 Å². The van der Waals surface area contributed by atoms with E-state index in [1.165, 1.54) is 5.57 Å². The molecule has 1 rings (SSSR count). The van der Waals surface area contributed by atoms with Crippen LogP contribution in [0.4, 0.5) is 0 Å². The number of hydrogen-bond donors (Lipinski definition) is 0. The predicted molar refractivity (Wildman–Crippen MR) is 56.9 cm³/mol. The van der Waals surface area contributed by atoms with E-state index in [2.05, 4.69) is 26.8 Å². The molecule has 0 amide bonds. The van der Waals surface area contributed by atoms with Crippen molar-refractivity contribution < 1.29 is 9.53 Å². The third-order valence-corrected chi connectivity index (χ3v) is 3.46. The van der Waals surface area contributed by atoms with Crippen molar-refractivity contribution in [2.45, 2.75) is 40.5 Å². The zero-order chi connectivity index (χ0) is 10.8. The molecule has 1 aliphatic carbocycles. The molecule has 0 fully saturated rings. The minimum atomic E-state index is -0.0614. The van der Waals surface area contributed by atoms with Crippen LogP contribution in [0.5, 0.6) is 0 Å². The fraction of sp³-hybridized carbons (Fsp3) is 0.750. The Morgan fingerprint density at radius 2 is 2.29 bits per heavy atom. The largest absolute Gasteiger partial charge is 0.466 e. The van der Waals surface area contributed by atoms with Gasteiger partial charge in [-0.05, 0) is 31.6 Å². The maximum atomic E-state index is 11.3. The minimum absolute atomic E-state index is 0.0614. The molecule has 2 nitrogen and oxygen atoms in total. The van der Waals surface area contributed by atoms with Crippen LogP contribution in [-0.2, 0) is 9.53 Å². The minimum Gasteiger partial charge on any atom is -0.466 e. The Hall–Kier alpha value is -0.790. The lowest BCUT2D eigenvalue weighted by Gasteiger charge is -2.28. The van der Waals surface area contributed by atoms with Crippen molar-refractivity contribution in [2.24, 2.45) is 11.3 Å². The molecular formula is C12H20O2. The molecular weight excluding hydrogens is 176 g/mol. The molecule has 0 saturated heterocycles. The number of esters is 1. The second-order valence-electron chi connectivity index (χ2n) is 4.55. The summed E-state index contributed by atoms with van der Waals surface area (Å²) in [5.41, 5.74) is 1.55. The summed E-state index contributed by atoms with van der Waals surface area (Å²) in [4.78, 5) is 11.3. The Labute approximate surface area is 86.3 Å². The monoisotopic (exact) mass is 196 g/mol. The van der Waals surface area contributed by atoms with Gasteiger partial charge in [-0.15, -0.1) is 0 Å². The molecule has 0 aliphatic heterocycles. The van der Waals surface area contributed by atoms with Gasteiger partial charge < -0.3 is 4.74 Å². The van der Waals surface area contributed by atoms with E-state index in [0.29, 0.717) is 18.9 Å². The SMILES string of the molecule is CCOC(=O)C[C@H]1CC=C(C)C1(C)C. The van der Waals surface area contributed by atoms with Gasteiger partial charge in [0.05, 0.1) is 6.61 Å². The highest BCUT2D eigenvalue weighted by molar-refractivity contribution is 5.70.